The van der Waals surface area contributed by atoms with Gasteiger partial charge in [-0.3, -0.25) is 9.59 Å². The van der Waals surface area contributed by atoms with E-state index in [1.165, 1.54) is 17.4 Å². The van der Waals surface area contributed by atoms with Gasteiger partial charge in [-0.05, 0) is 61.2 Å². The predicted octanol–water partition coefficient (Wildman–Crippen LogP) is 4.68. The monoisotopic (exact) mass is 467 g/mol. The molecule has 0 aliphatic carbocycles. The van der Waals surface area contributed by atoms with Gasteiger partial charge in [0.15, 0.2) is 0 Å². The molecule has 4 rings (SSSR count). The van der Waals surface area contributed by atoms with Gasteiger partial charge in [-0.1, -0.05) is 18.2 Å². The number of nitrogens with zero attached hydrogens (tertiary/aromatic N) is 1. The molecule has 172 valence electrons. The fourth-order valence-electron chi connectivity index (χ4n) is 3.87. The largest absolute Gasteiger partial charge is 0.372 e. The molecule has 1 aliphatic heterocycles. The van der Waals surface area contributed by atoms with E-state index >= 15 is 0 Å². The SMILES string of the molecule is CC1CN(c2ccc(NC(=O)c3ccc(CNC(=O)c4cccs4)cc3)cc2F)CC(C)O1. The number of nitrogens with one attached hydrogen (secondary N) is 2. The lowest BCUT2D eigenvalue weighted by Gasteiger charge is -2.37. The zero-order chi connectivity index (χ0) is 23.4. The highest BCUT2D eigenvalue weighted by Crippen LogP contribution is 2.26. The van der Waals surface area contributed by atoms with E-state index in [9.17, 15) is 14.0 Å². The van der Waals surface area contributed by atoms with Gasteiger partial charge in [0.25, 0.3) is 11.8 Å². The number of carbonyl (C=O) groups excluding carboxylic acids is 2. The van der Waals surface area contributed by atoms with Crippen LogP contribution in [0.15, 0.2) is 60.0 Å². The third-order valence-electron chi connectivity index (χ3n) is 5.38. The molecular formula is C25H26FN3O3S. The van der Waals surface area contributed by atoms with E-state index in [-0.39, 0.29) is 29.8 Å². The first kappa shape index (κ1) is 22.9. The van der Waals surface area contributed by atoms with Gasteiger partial charge in [-0.25, -0.2) is 4.39 Å². The van der Waals surface area contributed by atoms with E-state index in [4.69, 9.17) is 4.74 Å². The number of rotatable bonds is 6. The maximum Gasteiger partial charge on any atom is 0.261 e. The summed E-state index contributed by atoms with van der Waals surface area (Å²) in [6.07, 6.45) is 0.0547. The van der Waals surface area contributed by atoms with Gasteiger partial charge in [0.05, 0.1) is 22.8 Å². The Morgan fingerprint density at radius 2 is 1.79 bits per heavy atom. The Hall–Kier alpha value is -3.23. The lowest BCUT2D eigenvalue weighted by Crippen LogP contribution is -2.45. The third-order valence-corrected chi connectivity index (χ3v) is 6.25. The van der Waals surface area contributed by atoms with E-state index in [1.807, 2.05) is 30.2 Å². The molecule has 1 saturated heterocycles. The standard InChI is InChI=1S/C25H26FN3O3S/c1-16-14-29(15-17(2)32-16)22-10-9-20(12-21(22)26)28-24(30)19-7-5-18(6-8-19)13-27-25(31)23-4-3-11-33-23/h3-12,16-17H,13-15H2,1-2H3,(H,27,31)(H,28,30). The maximum absolute atomic E-state index is 14.8. The third kappa shape index (κ3) is 5.77. The first-order valence-corrected chi connectivity index (χ1v) is 11.7. The fraction of sp³-hybridized carbons (Fsp3) is 0.280. The minimum absolute atomic E-state index is 0.0273. The molecular weight excluding hydrogens is 441 g/mol. The van der Waals surface area contributed by atoms with E-state index in [2.05, 4.69) is 10.6 Å². The van der Waals surface area contributed by atoms with Crippen molar-refractivity contribution in [3.8, 4) is 0 Å². The number of hydrogen-bond donors (Lipinski definition) is 2. The predicted molar refractivity (Wildman–Crippen MR) is 129 cm³/mol. The van der Waals surface area contributed by atoms with Crippen molar-refractivity contribution in [1.29, 1.82) is 0 Å². The molecule has 1 aromatic heterocycles. The van der Waals surface area contributed by atoms with Crippen LogP contribution in [0.2, 0.25) is 0 Å². The van der Waals surface area contributed by atoms with Crippen LogP contribution in [0.3, 0.4) is 0 Å². The first-order valence-electron chi connectivity index (χ1n) is 10.8. The molecule has 2 atom stereocenters. The molecule has 0 radical (unpaired) electrons. The van der Waals surface area contributed by atoms with Crippen molar-refractivity contribution in [2.24, 2.45) is 0 Å². The topological polar surface area (TPSA) is 70.7 Å². The molecule has 2 N–H and O–H groups in total. The minimum Gasteiger partial charge on any atom is -0.372 e. The molecule has 8 heteroatoms. The van der Waals surface area contributed by atoms with Gasteiger partial charge in [-0.2, -0.15) is 0 Å². The Kier molecular flexibility index (Phi) is 7.05. The summed E-state index contributed by atoms with van der Waals surface area (Å²) in [6, 6.07) is 15.3. The molecule has 0 bridgehead atoms. The number of hydrogen-bond acceptors (Lipinski definition) is 5. The lowest BCUT2D eigenvalue weighted by molar-refractivity contribution is -0.00539. The number of ether oxygens (including phenoxy) is 1. The average molecular weight is 468 g/mol. The van der Waals surface area contributed by atoms with Crippen LogP contribution in [-0.4, -0.2) is 37.1 Å². The maximum atomic E-state index is 14.8. The van der Waals surface area contributed by atoms with Crippen molar-refractivity contribution in [1.82, 2.24) is 5.32 Å². The summed E-state index contributed by atoms with van der Waals surface area (Å²) in [5.41, 5.74) is 2.22. The fourth-order valence-corrected chi connectivity index (χ4v) is 4.51. The second kappa shape index (κ2) is 10.1. The molecule has 2 unspecified atom stereocenters. The lowest BCUT2D eigenvalue weighted by atomic mass is 10.1. The molecule has 0 spiro atoms. The van der Waals surface area contributed by atoms with Gasteiger partial charge >= 0.3 is 0 Å². The van der Waals surface area contributed by atoms with E-state index in [0.29, 0.717) is 41.4 Å². The number of halogens is 1. The molecule has 1 aliphatic rings. The normalized spacial score (nSPS) is 18.1. The van der Waals surface area contributed by atoms with Crippen LogP contribution in [0.25, 0.3) is 0 Å². The van der Waals surface area contributed by atoms with Crippen LogP contribution in [0.1, 0.15) is 39.4 Å². The molecule has 2 heterocycles. The van der Waals surface area contributed by atoms with Crippen LogP contribution < -0.4 is 15.5 Å². The first-order chi connectivity index (χ1) is 15.9. The highest BCUT2D eigenvalue weighted by Gasteiger charge is 2.24. The average Bonchev–Trinajstić information content (AvgIpc) is 3.32. The molecule has 33 heavy (non-hydrogen) atoms. The Morgan fingerprint density at radius 3 is 2.42 bits per heavy atom. The summed E-state index contributed by atoms with van der Waals surface area (Å²) >= 11 is 1.38. The number of carbonyl (C=O) groups is 2. The van der Waals surface area contributed by atoms with Crippen molar-refractivity contribution in [2.45, 2.75) is 32.6 Å². The van der Waals surface area contributed by atoms with Crippen molar-refractivity contribution in [2.75, 3.05) is 23.3 Å². The Morgan fingerprint density at radius 1 is 1.06 bits per heavy atom. The second-order valence-electron chi connectivity index (χ2n) is 8.14. The smallest absolute Gasteiger partial charge is 0.261 e. The molecule has 6 nitrogen and oxygen atoms in total. The molecule has 3 aromatic rings. The highest BCUT2D eigenvalue weighted by molar-refractivity contribution is 7.12. The van der Waals surface area contributed by atoms with Crippen LogP contribution in [-0.2, 0) is 11.3 Å². The zero-order valence-corrected chi connectivity index (χ0v) is 19.3. The summed E-state index contributed by atoms with van der Waals surface area (Å²) in [7, 11) is 0. The van der Waals surface area contributed by atoms with Gasteiger partial charge in [0.2, 0.25) is 0 Å². The number of morpholine rings is 1. The van der Waals surface area contributed by atoms with E-state index in [1.54, 1.807) is 42.5 Å². The Bertz CT molecular complexity index is 1110. The summed E-state index contributed by atoms with van der Waals surface area (Å²) < 4.78 is 20.5. The summed E-state index contributed by atoms with van der Waals surface area (Å²) in [4.78, 5) is 27.3. The van der Waals surface area contributed by atoms with Crippen molar-refractivity contribution in [3.05, 3.63) is 81.8 Å². The van der Waals surface area contributed by atoms with Crippen molar-refractivity contribution < 1.29 is 18.7 Å². The molecule has 2 amide bonds. The summed E-state index contributed by atoms with van der Waals surface area (Å²) in [6.45, 7) is 5.54. The summed E-state index contributed by atoms with van der Waals surface area (Å²) in [5.74, 6) is -0.839. The van der Waals surface area contributed by atoms with E-state index < -0.39 is 0 Å². The van der Waals surface area contributed by atoms with E-state index in [0.717, 1.165) is 5.56 Å². The molecule has 0 saturated carbocycles. The van der Waals surface area contributed by atoms with Gasteiger partial charge in [0, 0.05) is 30.9 Å². The zero-order valence-electron chi connectivity index (χ0n) is 18.5. The van der Waals surface area contributed by atoms with Crippen LogP contribution >= 0.6 is 11.3 Å². The Labute approximate surface area is 196 Å². The quantitative estimate of drug-likeness (QED) is 0.552. The van der Waals surface area contributed by atoms with Crippen molar-refractivity contribution in [3.63, 3.8) is 0 Å². The van der Waals surface area contributed by atoms with Gasteiger partial charge in [-0.15, -0.1) is 11.3 Å². The van der Waals surface area contributed by atoms with Crippen molar-refractivity contribution >= 4 is 34.5 Å². The molecule has 2 aromatic carbocycles. The Balaban J connectivity index is 1.35. The van der Waals surface area contributed by atoms with Crippen LogP contribution in [0.5, 0.6) is 0 Å². The van der Waals surface area contributed by atoms with Gasteiger partial charge < -0.3 is 20.3 Å². The number of amides is 2. The summed E-state index contributed by atoms with van der Waals surface area (Å²) in [5, 5.41) is 7.45. The van der Waals surface area contributed by atoms with Crippen LogP contribution in [0, 0.1) is 5.82 Å². The second-order valence-corrected chi connectivity index (χ2v) is 9.09. The van der Waals surface area contributed by atoms with Gasteiger partial charge in [0.1, 0.15) is 5.82 Å². The number of benzene rings is 2. The highest BCUT2D eigenvalue weighted by atomic mass is 32.1. The number of anilines is 2. The minimum atomic E-state index is -0.383. The van der Waals surface area contributed by atoms with Crippen LogP contribution in [0.4, 0.5) is 15.8 Å². The number of thiophene rings is 1. The molecule has 1 fully saturated rings.